The Kier molecular flexibility index (Phi) is 4.01. The van der Waals surface area contributed by atoms with Gasteiger partial charge in [-0.1, -0.05) is 35.4 Å². The third kappa shape index (κ3) is 3.10. The number of anilines is 2. The lowest BCUT2D eigenvalue weighted by molar-refractivity contribution is 1.30. The molecule has 1 aromatic carbocycles. The van der Waals surface area contributed by atoms with Crippen molar-refractivity contribution in [3.8, 4) is 0 Å². The van der Waals surface area contributed by atoms with Crippen LogP contribution >= 0.6 is 35.4 Å². The molecular formula is C12H9Cl2N3S. The van der Waals surface area contributed by atoms with Crippen molar-refractivity contribution in [2.45, 2.75) is 0 Å². The molecule has 0 aliphatic rings. The summed E-state index contributed by atoms with van der Waals surface area (Å²) in [5, 5.41) is 4.20. The number of hydrogen-bond acceptors (Lipinski definition) is 3. The Morgan fingerprint density at radius 3 is 2.56 bits per heavy atom. The lowest BCUT2D eigenvalue weighted by Crippen LogP contribution is -2.09. The largest absolute Gasteiger partial charge is 0.389 e. The van der Waals surface area contributed by atoms with Crippen LogP contribution in [0.15, 0.2) is 36.5 Å². The molecule has 2 aromatic rings. The third-order valence-electron chi connectivity index (χ3n) is 2.24. The summed E-state index contributed by atoms with van der Waals surface area (Å²) >= 11 is 16.7. The summed E-state index contributed by atoms with van der Waals surface area (Å²) < 4.78 is 0. The van der Waals surface area contributed by atoms with Crippen LogP contribution in [0, 0.1) is 0 Å². The van der Waals surface area contributed by atoms with E-state index in [-0.39, 0.29) is 0 Å². The van der Waals surface area contributed by atoms with Crippen molar-refractivity contribution in [3.63, 3.8) is 0 Å². The molecule has 2 rings (SSSR count). The zero-order valence-corrected chi connectivity index (χ0v) is 11.5. The van der Waals surface area contributed by atoms with E-state index in [9.17, 15) is 0 Å². The fourth-order valence-corrected chi connectivity index (χ4v) is 1.92. The second kappa shape index (κ2) is 5.52. The lowest BCUT2D eigenvalue weighted by atomic mass is 10.2. The zero-order valence-electron chi connectivity index (χ0n) is 9.15. The van der Waals surface area contributed by atoms with Crippen LogP contribution < -0.4 is 11.1 Å². The van der Waals surface area contributed by atoms with Gasteiger partial charge in [0.1, 0.15) is 10.8 Å². The highest BCUT2D eigenvalue weighted by Crippen LogP contribution is 2.27. The Hall–Kier alpha value is -1.36. The van der Waals surface area contributed by atoms with Gasteiger partial charge in [0.2, 0.25) is 0 Å². The molecular weight excluding hydrogens is 289 g/mol. The quantitative estimate of drug-likeness (QED) is 0.847. The molecule has 0 aliphatic heterocycles. The van der Waals surface area contributed by atoms with Gasteiger partial charge in [0.25, 0.3) is 0 Å². The molecule has 3 nitrogen and oxygen atoms in total. The zero-order chi connectivity index (χ0) is 13.1. The van der Waals surface area contributed by atoms with E-state index in [2.05, 4.69) is 10.3 Å². The first-order valence-electron chi connectivity index (χ1n) is 5.04. The predicted octanol–water partition coefficient (Wildman–Crippen LogP) is 3.77. The molecule has 0 bridgehead atoms. The molecule has 0 atom stereocenters. The molecule has 6 heteroatoms. The minimum Gasteiger partial charge on any atom is -0.389 e. The van der Waals surface area contributed by atoms with Crippen molar-refractivity contribution >= 4 is 51.9 Å². The van der Waals surface area contributed by atoms with Gasteiger partial charge in [0.15, 0.2) is 0 Å². The van der Waals surface area contributed by atoms with E-state index >= 15 is 0 Å². The minimum absolute atomic E-state index is 0.318. The number of halogens is 2. The first kappa shape index (κ1) is 13.1. The summed E-state index contributed by atoms with van der Waals surface area (Å²) in [6.07, 6.45) is 1.61. The van der Waals surface area contributed by atoms with Crippen molar-refractivity contribution in [2.24, 2.45) is 5.73 Å². The van der Waals surface area contributed by atoms with Gasteiger partial charge in [0, 0.05) is 16.8 Å². The van der Waals surface area contributed by atoms with Crippen LogP contribution in [0.3, 0.4) is 0 Å². The molecule has 0 spiro atoms. The van der Waals surface area contributed by atoms with Crippen molar-refractivity contribution in [1.82, 2.24) is 4.98 Å². The Labute approximate surface area is 120 Å². The van der Waals surface area contributed by atoms with Gasteiger partial charge in [-0.15, -0.1) is 0 Å². The highest BCUT2D eigenvalue weighted by Gasteiger charge is 2.03. The number of aromatic nitrogens is 1. The maximum absolute atomic E-state index is 6.05. The van der Waals surface area contributed by atoms with Crippen LogP contribution in [0.5, 0.6) is 0 Å². The molecule has 0 saturated carbocycles. The Morgan fingerprint density at radius 1 is 1.22 bits per heavy atom. The molecule has 18 heavy (non-hydrogen) atoms. The maximum atomic E-state index is 6.05. The number of benzene rings is 1. The summed E-state index contributed by atoms with van der Waals surface area (Å²) in [4.78, 5) is 4.51. The summed E-state index contributed by atoms with van der Waals surface area (Å²) in [5.41, 5.74) is 6.95. The molecule has 3 N–H and O–H groups in total. The SMILES string of the molecule is NC(=S)c1ccc(Nc2ccc(Cl)cc2Cl)nc1. The Morgan fingerprint density at radius 2 is 2.00 bits per heavy atom. The highest BCUT2D eigenvalue weighted by atomic mass is 35.5. The van der Waals surface area contributed by atoms with Gasteiger partial charge >= 0.3 is 0 Å². The van der Waals surface area contributed by atoms with E-state index in [1.165, 1.54) is 0 Å². The number of thiocarbonyl (C=S) groups is 1. The van der Waals surface area contributed by atoms with E-state index in [1.54, 1.807) is 36.5 Å². The average Bonchev–Trinajstić information content (AvgIpc) is 2.33. The van der Waals surface area contributed by atoms with Gasteiger partial charge in [-0.3, -0.25) is 0 Å². The van der Waals surface area contributed by atoms with Gasteiger partial charge in [-0.2, -0.15) is 0 Å². The van der Waals surface area contributed by atoms with Crippen LogP contribution in [0.1, 0.15) is 5.56 Å². The minimum atomic E-state index is 0.318. The van der Waals surface area contributed by atoms with E-state index < -0.39 is 0 Å². The summed E-state index contributed by atoms with van der Waals surface area (Å²) in [6, 6.07) is 8.77. The van der Waals surface area contributed by atoms with Crippen LogP contribution in [0.4, 0.5) is 11.5 Å². The average molecular weight is 298 g/mol. The fraction of sp³-hybridized carbons (Fsp3) is 0. The van der Waals surface area contributed by atoms with Crippen molar-refractivity contribution in [1.29, 1.82) is 0 Å². The second-order valence-electron chi connectivity index (χ2n) is 3.55. The molecule has 0 fully saturated rings. The predicted molar refractivity (Wildman–Crippen MR) is 79.9 cm³/mol. The second-order valence-corrected chi connectivity index (χ2v) is 4.83. The van der Waals surface area contributed by atoms with E-state index in [4.69, 9.17) is 41.2 Å². The molecule has 0 aliphatic carbocycles. The first-order valence-corrected chi connectivity index (χ1v) is 6.20. The molecule has 0 saturated heterocycles. The van der Waals surface area contributed by atoms with Crippen molar-refractivity contribution < 1.29 is 0 Å². The van der Waals surface area contributed by atoms with Crippen LogP contribution in [0.2, 0.25) is 10.0 Å². The number of nitrogens with one attached hydrogen (secondary N) is 1. The summed E-state index contributed by atoms with van der Waals surface area (Å²) in [6.45, 7) is 0. The summed E-state index contributed by atoms with van der Waals surface area (Å²) in [7, 11) is 0. The third-order valence-corrected chi connectivity index (χ3v) is 3.03. The highest BCUT2D eigenvalue weighted by molar-refractivity contribution is 7.80. The number of nitrogens with two attached hydrogens (primary N) is 1. The molecule has 0 radical (unpaired) electrons. The van der Waals surface area contributed by atoms with Gasteiger partial charge in [-0.25, -0.2) is 4.98 Å². The van der Waals surface area contributed by atoms with E-state index in [1.807, 2.05) is 0 Å². The van der Waals surface area contributed by atoms with Crippen LogP contribution in [0.25, 0.3) is 0 Å². The van der Waals surface area contributed by atoms with Crippen LogP contribution in [-0.2, 0) is 0 Å². The Bertz CT molecular complexity index is 584. The molecule has 0 unspecified atom stereocenters. The van der Waals surface area contributed by atoms with Gasteiger partial charge < -0.3 is 11.1 Å². The van der Waals surface area contributed by atoms with E-state index in [0.717, 1.165) is 11.3 Å². The maximum Gasteiger partial charge on any atom is 0.130 e. The number of rotatable bonds is 3. The van der Waals surface area contributed by atoms with Gasteiger partial charge in [-0.05, 0) is 30.3 Å². The molecule has 1 heterocycles. The van der Waals surface area contributed by atoms with Gasteiger partial charge in [0.05, 0.1) is 10.7 Å². The number of pyridine rings is 1. The smallest absolute Gasteiger partial charge is 0.130 e. The fourth-order valence-electron chi connectivity index (χ4n) is 1.34. The monoisotopic (exact) mass is 297 g/mol. The normalized spacial score (nSPS) is 10.1. The first-order chi connectivity index (χ1) is 8.56. The van der Waals surface area contributed by atoms with E-state index in [0.29, 0.717) is 20.9 Å². The lowest BCUT2D eigenvalue weighted by Gasteiger charge is -2.08. The standard InChI is InChI=1S/C12H9Cl2N3S/c13-8-2-3-10(9(14)5-8)17-11-4-1-7(6-16-11)12(15)18/h1-6H,(H2,15,18)(H,16,17). The van der Waals surface area contributed by atoms with Crippen molar-refractivity contribution in [2.75, 3.05) is 5.32 Å². The topological polar surface area (TPSA) is 50.9 Å². The molecule has 1 aromatic heterocycles. The number of nitrogens with zero attached hydrogens (tertiary/aromatic N) is 1. The number of hydrogen-bond donors (Lipinski definition) is 2. The molecule has 0 amide bonds. The molecule has 92 valence electrons. The summed E-state index contributed by atoms with van der Waals surface area (Å²) in [5.74, 6) is 0.652. The Balaban J connectivity index is 2.21. The van der Waals surface area contributed by atoms with Crippen LogP contribution in [-0.4, -0.2) is 9.97 Å². The van der Waals surface area contributed by atoms with Crippen molar-refractivity contribution in [3.05, 3.63) is 52.1 Å².